The number of nitrogens with zero attached hydrogens (tertiary/aromatic N) is 5. The third kappa shape index (κ3) is 2.70. The second-order valence-corrected chi connectivity index (χ2v) is 6.19. The Balaban J connectivity index is 1.82. The first-order chi connectivity index (χ1) is 12.2. The Bertz CT molecular complexity index is 922. The number of hydrogen-bond donors (Lipinski definition) is 2. The number of nitrogens with one attached hydrogen (secondary N) is 1. The normalized spacial score (nSPS) is 18.6. The van der Waals surface area contributed by atoms with Crippen LogP contribution in [0, 0.1) is 0 Å². The molecule has 1 atom stereocenters. The second-order valence-electron chi connectivity index (χ2n) is 6.19. The molecule has 128 valence electrons. The van der Waals surface area contributed by atoms with Gasteiger partial charge in [-0.25, -0.2) is 15.0 Å². The lowest BCUT2D eigenvalue weighted by atomic mass is 10.1. The summed E-state index contributed by atoms with van der Waals surface area (Å²) in [6, 6.07) is 3.69. The second kappa shape index (κ2) is 6.14. The predicted octanol–water partition coefficient (Wildman–Crippen LogP) is 0.921. The fourth-order valence-electron chi connectivity index (χ4n) is 3.30. The van der Waals surface area contributed by atoms with Gasteiger partial charge in [0.25, 0.3) is 0 Å². The number of rotatable bonds is 3. The van der Waals surface area contributed by atoms with Crippen molar-refractivity contribution in [1.82, 2.24) is 24.8 Å². The topological polar surface area (TPSA) is 104 Å². The Morgan fingerprint density at radius 3 is 2.92 bits per heavy atom. The van der Waals surface area contributed by atoms with Crippen molar-refractivity contribution in [3.05, 3.63) is 30.7 Å². The van der Waals surface area contributed by atoms with Gasteiger partial charge in [-0.3, -0.25) is 4.90 Å². The molecule has 1 saturated heterocycles. The van der Waals surface area contributed by atoms with Gasteiger partial charge in [-0.2, -0.15) is 0 Å². The van der Waals surface area contributed by atoms with Crippen LogP contribution in [-0.4, -0.2) is 63.8 Å². The highest BCUT2D eigenvalue weighted by Gasteiger charge is 2.26. The van der Waals surface area contributed by atoms with E-state index in [4.69, 9.17) is 5.73 Å². The third-order valence-corrected chi connectivity index (χ3v) is 4.70. The predicted molar refractivity (Wildman–Crippen MR) is 96.2 cm³/mol. The molecule has 0 amide bonds. The average Bonchev–Trinajstić information content (AvgIpc) is 3.06. The van der Waals surface area contributed by atoms with E-state index < -0.39 is 0 Å². The van der Waals surface area contributed by atoms with Crippen LogP contribution in [0.25, 0.3) is 22.3 Å². The zero-order valence-corrected chi connectivity index (χ0v) is 13.9. The lowest BCUT2D eigenvalue weighted by Crippen LogP contribution is -2.52. The van der Waals surface area contributed by atoms with E-state index in [0.717, 1.165) is 47.4 Å². The highest BCUT2D eigenvalue weighted by Crippen LogP contribution is 2.34. The Hall–Kier alpha value is -3.00. The number of piperazine rings is 1. The van der Waals surface area contributed by atoms with Crippen molar-refractivity contribution in [3.8, 4) is 11.3 Å². The molecule has 1 aliphatic heterocycles. The number of carbonyl (C=O) groups excluding carboxylic acids is 1. The van der Waals surface area contributed by atoms with E-state index in [-0.39, 0.29) is 12.0 Å². The van der Waals surface area contributed by atoms with Crippen LogP contribution in [0.2, 0.25) is 0 Å². The molecule has 0 aliphatic carbocycles. The van der Waals surface area contributed by atoms with Crippen LogP contribution in [0.1, 0.15) is 0 Å². The number of nitrogen functional groups attached to an aromatic ring is 1. The van der Waals surface area contributed by atoms with Crippen molar-refractivity contribution in [2.45, 2.75) is 6.04 Å². The van der Waals surface area contributed by atoms with Crippen LogP contribution in [0.5, 0.6) is 0 Å². The largest absolute Gasteiger partial charge is 0.368 e. The maximum absolute atomic E-state index is 11.4. The molecule has 0 saturated carbocycles. The molecule has 1 unspecified atom stereocenters. The molecule has 1 fully saturated rings. The third-order valence-electron chi connectivity index (χ3n) is 4.70. The average molecular weight is 337 g/mol. The summed E-state index contributed by atoms with van der Waals surface area (Å²) in [5.74, 6) is 0.234. The summed E-state index contributed by atoms with van der Waals surface area (Å²) < 4.78 is 0. The van der Waals surface area contributed by atoms with Crippen molar-refractivity contribution in [2.75, 3.05) is 37.3 Å². The number of anilines is 2. The molecule has 3 aromatic heterocycles. The molecule has 0 aromatic carbocycles. The van der Waals surface area contributed by atoms with Gasteiger partial charge in [0, 0.05) is 43.8 Å². The van der Waals surface area contributed by atoms with Gasteiger partial charge in [0.15, 0.2) is 0 Å². The Labute approximate surface area is 144 Å². The SMILES string of the molecule is CN1CCN(c2ccnc3[nH]cc(-c4ccnc(N)n4)c23)CC1C=O. The van der Waals surface area contributed by atoms with Crippen molar-refractivity contribution in [3.63, 3.8) is 0 Å². The van der Waals surface area contributed by atoms with Crippen LogP contribution in [0.15, 0.2) is 30.7 Å². The lowest BCUT2D eigenvalue weighted by Gasteiger charge is -2.38. The monoisotopic (exact) mass is 337 g/mol. The smallest absolute Gasteiger partial charge is 0.220 e. The van der Waals surface area contributed by atoms with Gasteiger partial charge in [0.05, 0.1) is 22.8 Å². The van der Waals surface area contributed by atoms with Crippen molar-refractivity contribution < 1.29 is 4.79 Å². The Kier molecular flexibility index (Phi) is 3.81. The molecule has 0 bridgehead atoms. The summed E-state index contributed by atoms with van der Waals surface area (Å²) in [5.41, 5.74) is 9.23. The molecule has 3 N–H and O–H groups in total. The molecule has 8 nitrogen and oxygen atoms in total. The standard InChI is InChI=1S/C17H19N7O/c1-23-6-7-24(9-11(23)10-25)14-3-5-19-16-15(14)12(8-21-16)13-2-4-20-17(18)22-13/h2-5,8,10-11H,6-7,9H2,1H3,(H,19,21)(H2,18,20,22). The van der Waals surface area contributed by atoms with Crippen LogP contribution < -0.4 is 10.6 Å². The number of fused-ring (bicyclic) bond motifs is 1. The zero-order valence-electron chi connectivity index (χ0n) is 13.9. The molecule has 25 heavy (non-hydrogen) atoms. The molecule has 8 heteroatoms. The first-order valence-electron chi connectivity index (χ1n) is 8.13. The quantitative estimate of drug-likeness (QED) is 0.685. The minimum atomic E-state index is -0.117. The first-order valence-corrected chi connectivity index (χ1v) is 8.13. The van der Waals surface area contributed by atoms with E-state index in [2.05, 4.69) is 29.7 Å². The maximum Gasteiger partial charge on any atom is 0.220 e. The summed E-state index contributed by atoms with van der Waals surface area (Å²) in [5, 5.41) is 0.981. The number of likely N-dealkylation sites (N-methyl/N-ethyl adjacent to an activating group) is 1. The lowest BCUT2D eigenvalue weighted by molar-refractivity contribution is -0.112. The molecule has 4 rings (SSSR count). The number of H-pyrrole nitrogens is 1. The number of carbonyl (C=O) groups is 1. The highest BCUT2D eigenvalue weighted by molar-refractivity contribution is 6.02. The summed E-state index contributed by atoms with van der Waals surface area (Å²) in [6.07, 6.45) is 6.31. The molecule has 3 aromatic rings. The number of aromatic nitrogens is 4. The summed E-state index contributed by atoms with van der Waals surface area (Å²) in [6.45, 7) is 2.32. The fraction of sp³-hybridized carbons (Fsp3) is 0.294. The molecule has 0 spiro atoms. The molecule has 4 heterocycles. The van der Waals surface area contributed by atoms with Gasteiger partial charge < -0.3 is 20.4 Å². The van der Waals surface area contributed by atoms with Gasteiger partial charge in [-0.1, -0.05) is 0 Å². The van der Waals surface area contributed by atoms with Crippen molar-refractivity contribution in [2.24, 2.45) is 0 Å². The van der Waals surface area contributed by atoms with Crippen LogP contribution in [0.3, 0.4) is 0 Å². The van der Waals surface area contributed by atoms with Crippen LogP contribution >= 0.6 is 0 Å². The van der Waals surface area contributed by atoms with E-state index in [1.165, 1.54) is 0 Å². The maximum atomic E-state index is 11.4. The number of aromatic amines is 1. The van der Waals surface area contributed by atoms with Crippen molar-refractivity contribution in [1.29, 1.82) is 0 Å². The summed E-state index contributed by atoms with van der Waals surface area (Å²) >= 11 is 0. The molecule has 1 aliphatic rings. The van der Waals surface area contributed by atoms with Gasteiger partial charge in [0.2, 0.25) is 5.95 Å². The number of aldehydes is 1. The Morgan fingerprint density at radius 2 is 2.12 bits per heavy atom. The number of pyridine rings is 1. The fourth-order valence-corrected chi connectivity index (χ4v) is 3.30. The number of hydrogen-bond acceptors (Lipinski definition) is 7. The molecular weight excluding hydrogens is 318 g/mol. The minimum absolute atomic E-state index is 0.117. The van der Waals surface area contributed by atoms with Crippen LogP contribution in [-0.2, 0) is 4.79 Å². The Morgan fingerprint density at radius 1 is 1.28 bits per heavy atom. The highest BCUT2D eigenvalue weighted by atomic mass is 16.1. The van der Waals surface area contributed by atoms with Crippen LogP contribution in [0.4, 0.5) is 11.6 Å². The van der Waals surface area contributed by atoms with Gasteiger partial charge >= 0.3 is 0 Å². The van der Waals surface area contributed by atoms with Gasteiger partial charge in [-0.05, 0) is 19.2 Å². The summed E-state index contributed by atoms with van der Waals surface area (Å²) in [4.78, 5) is 31.6. The van der Waals surface area contributed by atoms with E-state index in [1.54, 1.807) is 12.4 Å². The molecular formula is C17H19N7O. The van der Waals surface area contributed by atoms with E-state index >= 15 is 0 Å². The van der Waals surface area contributed by atoms with E-state index in [0.29, 0.717) is 6.54 Å². The van der Waals surface area contributed by atoms with E-state index in [1.807, 2.05) is 25.4 Å². The van der Waals surface area contributed by atoms with Crippen molar-refractivity contribution >= 4 is 29.0 Å². The van der Waals surface area contributed by atoms with Gasteiger partial charge in [0.1, 0.15) is 11.9 Å². The number of nitrogens with two attached hydrogens (primary N) is 1. The van der Waals surface area contributed by atoms with E-state index in [9.17, 15) is 4.79 Å². The first kappa shape index (κ1) is 15.5. The zero-order chi connectivity index (χ0) is 17.4. The minimum Gasteiger partial charge on any atom is -0.368 e. The summed E-state index contributed by atoms with van der Waals surface area (Å²) in [7, 11) is 1.98. The molecule has 0 radical (unpaired) electrons. The van der Waals surface area contributed by atoms with Gasteiger partial charge in [-0.15, -0.1) is 0 Å².